The summed E-state index contributed by atoms with van der Waals surface area (Å²) in [6, 6.07) is 0. The highest BCUT2D eigenvalue weighted by Gasteiger charge is 2.13. The van der Waals surface area contributed by atoms with Crippen LogP contribution in [-0.2, 0) is 0 Å². The lowest BCUT2D eigenvalue weighted by molar-refractivity contribution is 0.755. The molecule has 1 aliphatic rings. The molecule has 14 heavy (non-hydrogen) atoms. The molecule has 0 amide bonds. The van der Waals surface area contributed by atoms with E-state index in [4.69, 9.17) is 5.73 Å². The van der Waals surface area contributed by atoms with Gasteiger partial charge in [-0.25, -0.2) is 0 Å². The molecule has 0 aliphatic heterocycles. The molecule has 0 aromatic heterocycles. The summed E-state index contributed by atoms with van der Waals surface area (Å²) in [6.45, 7) is 7.97. The highest BCUT2D eigenvalue weighted by atomic mass is 14.6. The highest BCUT2D eigenvalue weighted by molar-refractivity contribution is 5.47. The molecule has 0 unspecified atom stereocenters. The van der Waals surface area contributed by atoms with Crippen LogP contribution >= 0.6 is 0 Å². The summed E-state index contributed by atoms with van der Waals surface area (Å²) < 4.78 is 0. The van der Waals surface area contributed by atoms with Gasteiger partial charge in [-0.05, 0) is 44.3 Å². The third-order valence-electron chi connectivity index (χ3n) is 2.55. The second-order valence-corrected chi connectivity index (χ2v) is 3.87. The molecule has 0 aromatic rings. The second kappa shape index (κ2) is 4.85. The van der Waals surface area contributed by atoms with Crippen LogP contribution in [0.5, 0.6) is 0 Å². The number of allylic oxidation sites excluding steroid dienone is 7. The van der Waals surface area contributed by atoms with Gasteiger partial charge in [-0.1, -0.05) is 30.4 Å². The van der Waals surface area contributed by atoms with Crippen molar-refractivity contribution >= 4 is 0 Å². The maximum atomic E-state index is 6.01. The molecule has 0 spiro atoms. The van der Waals surface area contributed by atoms with Gasteiger partial charge in [0.2, 0.25) is 0 Å². The maximum Gasteiger partial charge on any atom is 0.0157 e. The predicted octanol–water partition coefficient (Wildman–Crippen LogP) is 3.46. The van der Waals surface area contributed by atoms with Crippen LogP contribution in [0.3, 0.4) is 0 Å². The molecule has 0 atom stereocenters. The van der Waals surface area contributed by atoms with E-state index in [2.05, 4.69) is 26.5 Å². The van der Waals surface area contributed by atoms with Crippen molar-refractivity contribution in [3.05, 3.63) is 47.2 Å². The van der Waals surface area contributed by atoms with Crippen LogP contribution in [0.2, 0.25) is 0 Å². The van der Waals surface area contributed by atoms with Gasteiger partial charge in [0, 0.05) is 5.70 Å². The van der Waals surface area contributed by atoms with Gasteiger partial charge in [0.1, 0.15) is 0 Å². The SMILES string of the molecule is C=C/C=C\C1=C(N)CCCC1=C(C)C. The molecule has 76 valence electrons. The zero-order valence-electron chi connectivity index (χ0n) is 9.14. The van der Waals surface area contributed by atoms with Gasteiger partial charge in [0.25, 0.3) is 0 Å². The van der Waals surface area contributed by atoms with E-state index >= 15 is 0 Å². The molecule has 0 radical (unpaired) electrons. The minimum atomic E-state index is 1.02. The lowest BCUT2D eigenvalue weighted by Gasteiger charge is -2.20. The third kappa shape index (κ3) is 2.38. The van der Waals surface area contributed by atoms with Gasteiger partial charge in [-0.15, -0.1) is 0 Å². The summed E-state index contributed by atoms with van der Waals surface area (Å²) in [4.78, 5) is 0. The van der Waals surface area contributed by atoms with Crippen molar-refractivity contribution in [2.45, 2.75) is 33.1 Å². The Kier molecular flexibility index (Phi) is 3.75. The van der Waals surface area contributed by atoms with E-state index in [-0.39, 0.29) is 0 Å². The zero-order chi connectivity index (χ0) is 10.6. The van der Waals surface area contributed by atoms with E-state index in [0.717, 1.165) is 18.5 Å². The fourth-order valence-corrected chi connectivity index (χ4v) is 1.81. The Hall–Kier alpha value is -1.24. The van der Waals surface area contributed by atoms with Gasteiger partial charge in [-0.2, -0.15) is 0 Å². The zero-order valence-corrected chi connectivity index (χ0v) is 9.14. The lowest BCUT2D eigenvalue weighted by Crippen LogP contribution is -2.09. The van der Waals surface area contributed by atoms with Crippen LogP contribution in [0.4, 0.5) is 0 Å². The lowest BCUT2D eigenvalue weighted by atomic mass is 9.88. The van der Waals surface area contributed by atoms with Crippen molar-refractivity contribution in [3.63, 3.8) is 0 Å². The first-order valence-corrected chi connectivity index (χ1v) is 5.11. The average molecular weight is 189 g/mol. The van der Waals surface area contributed by atoms with Crippen molar-refractivity contribution < 1.29 is 0 Å². The Morgan fingerprint density at radius 1 is 1.36 bits per heavy atom. The van der Waals surface area contributed by atoms with Crippen LogP contribution in [0, 0.1) is 0 Å². The molecule has 0 fully saturated rings. The summed E-state index contributed by atoms with van der Waals surface area (Å²) in [5.41, 5.74) is 11.0. The van der Waals surface area contributed by atoms with Crippen LogP contribution in [0.25, 0.3) is 0 Å². The second-order valence-electron chi connectivity index (χ2n) is 3.87. The average Bonchev–Trinajstić information content (AvgIpc) is 2.15. The molecule has 1 nitrogen and oxygen atoms in total. The largest absolute Gasteiger partial charge is 0.402 e. The Morgan fingerprint density at radius 3 is 2.64 bits per heavy atom. The number of hydrogen-bond donors (Lipinski definition) is 1. The number of nitrogens with two attached hydrogens (primary N) is 1. The van der Waals surface area contributed by atoms with Crippen LogP contribution in [0.1, 0.15) is 33.1 Å². The minimum absolute atomic E-state index is 1.02. The molecule has 0 aromatic carbocycles. The first-order chi connectivity index (χ1) is 6.66. The van der Waals surface area contributed by atoms with Gasteiger partial charge < -0.3 is 5.73 Å². The molecule has 0 saturated heterocycles. The Labute approximate surface area is 86.7 Å². The summed E-state index contributed by atoms with van der Waals surface area (Å²) in [5.74, 6) is 0. The quantitative estimate of drug-likeness (QED) is 0.661. The molecular weight excluding hydrogens is 170 g/mol. The van der Waals surface area contributed by atoms with Gasteiger partial charge >= 0.3 is 0 Å². The van der Waals surface area contributed by atoms with Crippen LogP contribution in [-0.4, -0.2) is 0 Å². The fourth-order valence-electron chi connectivity index (χ4n) is 1.81. The molecular formula is C13H19N. The van der Waals surface area contributed by atoms with Crippen molar-refractivity contribution in [3.8, 4) is 0 Å². The van der Waals surface area contributed by atoms with Gasteiger partial charge in [-0.3, -0.25) is 0 Å². The topological polar surface area (TPSA) is 26.0 Å². The number of hydrogen-bond acceptors (Lipinski definition) is 1. The summed E-state index contributed by atoms with van der Waals surface area (Å²) in [6.07, 6.45) is 9.17. The first kappa shape index (κ1) is 10.8. The van der Waals surface area contributed by atoms with E-state index in [1.807, 2.05) is 6.08 Å². The molecule has 1 heteroatoms. The van der Waals surface area contributed by atoms with E-state index in [0.29, 0.717) is 0 Å². The maximum absolute atomic E-state index is 6.01. The highest BCUT2D eigenvalue weighted by Crippen LogP contribution is 2.30. The molecule has 2 N–H and O–H groups in total. The summed E-state index contributed by atoms with van der Waals surface area (Å²) >= 11 is 0. The van der Waals surface area contributed by atoms with Crippen molar-refractivity contribution in [2.24, 2.45) is 5.73 Å². The molecule has 0 bridgehead atoms. The molecule has 0 heterocycles. The Morgan fingerprint density at radius 2 is 2.07 bits per heavy atom. The molecule has 0 saturated carbocycles. The van der Waals surface area contributed by atoms with Gasteiger partial charge in [0.05, 0.1) is 0 Å². The van der Waals surface area contributed by atoms with Crippen molar-refractivity contribution in [1.82, 2.24) is 0 Å². The van der Waals surface area contributed by atoms with E-state index in [1.165, 1.54) is 23.1 Å². The number of rotatable bonds is 2. The van der Waals surface area contributed by atoms with Crippen LogP contribution < -0.4 is 5.73 Å². The van der Waals surface area contributed by atoms with Gasteiger partial charge in [0.15, 0.2) is 0 Å². The Bertz CT molecular complexity index is 312. The summed E-state index contributed by atoms with van der Waals surface area (Å²) in [5, 5.41) is 0. The van der Waals surface area contributed by atoms with E-state index in [1.54, 1.807) is 6.08 Å². The fraction of sp³-hybridized carbons (Fsp3) is 0.385. The minimum Gasteiger partial charge on any atom is -0.402 e. The predicted molar refractivity (Wildman–Crippen MR) is 62.8 cm³/mol. The molecule has 1 aliphatic carbocycles. The third-order valence-corrected chi connectivity index (χ3v) is 2.55. The van der Waals surface area contributed by atoms with E-state index < -0.39 is 0 Å². The van der Waals surface area contributed by atoms with Crippen molar-refractivity contribution in [2.75, 3.05) is 0 Å². The van der Waals surface area contributed by atoms with Crippen LogP contribution in [0.15, 0.2) is 47.2 Å². The standard InChI is InChI=1S/C13H19N/c1-4-5-7-12-11(10(2)3)8-6-9-13(12)14/h4-5,7H,1,6,8-9,14H2,2-3H3/b7-5-. The summed E-state index contributed by atoms with van der Waals surface area (Å²) in [7, 11) is 0. The normalized spacial score (nSPS) is 17.7. The Balaban J connectivity index is 3.09. The van der Waals surface area contributed by atoms with E-state index in [9.17, 15) is 0 Å². The molecule has 1 rings (SSSR count). The smallest absolute Gasteiger partial charge is 0.0157 e. The monoisotopic (exact) mass is 189 g/mol. The first-order valence-electron chi connectivity index (χ1n) is 5.11. The van der Waals surface area contributed by atoms with Crippen molar-refractivity contribution in [1.29, 1.82) is 0 Å².